The number of nitrogens with one attached hydrogen (secondary N) is 1. The summed E-state index contributed by atoms with van der Waals surface area (Å²) in [5.74, 6) is 1.40. The number of fused-ring (bicyclic) bond motifs is 1. The Labute approximate surface area is 142 Å². The summed E-state index contributed by atoms with van der Waals surface area (Å²) in [5.41, 5.74) is 1.86. The SMILES string of the molecule is Cc1ccc2c(c1)[C@@H](NC(=O)COc1ccccc1)CC(C)(C)O2. The minimum absolute atomic E-state index is 0.00292. The first kappa shape index (κ1) is 16.4. The second-order valence-electron chi connectivity index (χ2n) is 6.83. The van der Waals surface area contributed by atoms with Crippen LogP contribution in [0.2, 0.25) is 0 Å². The standard InChI is InChI=1S/C20H23NO3/c1-14-9-10-18-16(11-14)17(12-20(2,3)24-18)21-19(22)13-23-15-7-5-4-6-8-15/h4-11,17H,12-13H2,1-3H3,(H,21,22)/t17-/m0/s1. The fraction of sp³-hybridized carbons (Fsp3) is 0.350. The van der Waals surface area contributed by atoms with Gasteiger partial charge in [0.2, 0.25) is 0 Å². The highest BCUT2D eigenvalue weighted by atomic mass is 16.5. The van der Waals surface area contributed by atoms with Gasteiger partial charge in [0.05, 0.1) is 6.04 Å². The zero-order valence-corrected chi connectivity index (χ0v) is 14.3. The van der Waals surface area contributed by atoms with Crippen LogP contribution in [0, 0.1) is 6.92 Å². The summed E-state index contributed by atoms with van der Waals surface area (Å²) in [7, 11) is 0. The molecular weight excluding hydrogens is 302 g/mol. The molecule has 0 bridgehead atoms. The Balaban J connectivity index is 1.70. The van der Waals surface area contributed by atoms with Crippen LogP contribution in [0.1, 0.15) is 37.4 Å². The Hall–Kier alpha value is -2.49. The van der Waals surface area contributed by atoms with Gasteiger partial charge in [0.1, 0.15) is 17.1 Å². The molecule has 0 aromatic heterocycles. The van der Waals surface area contributed by atoms with Gasteiger partial charge in [-0.25, -0.2) is 0 Å². The number of aryl methyl sites for hydroxylation is 1. The molecule has 0 saturated heterocycles. The van der Waals surface area contributed by atoms with Gasteiger partial charge < -0.3 is 14.8 Å². The highest BCUT2D eigenvalue weighted by Gasteiger charge is 2.34. The third-order valence-electron chi connectivity index (χ3n) is 4.07. The van der Waals surface area contributed by atoms with Gasteiger partial charge in [0.25, 0.3) is 5.91 Å². The zero-order valence-electron chi connectivity index (χ0n) is 14.3. The van der Waals surface area contributed by atoms with E-state index in [4.69, 9.17) is 9.47 Å². The lowest BCUT2D eigenvalue weighted by molar-refractivity contribution is -0.124. The highest BCUT2D eigenvalue weighted by Crippen LogP contribution is 2.39. The molecule has 2 aromatic carbocycles. The number of carbonyl (C=O) groups excluding carboxylic acids is 1. The minimum atomic E-state index is -0.319. The molecule has 1 N–H and O–H groups in total. The summed E-state index contributed by atoms with van der Waals surface area (Å²) < 4.78 is 11.6. The fourth-order valence-corrected chi connectivity index (χ4v) is 3.00. The average molecular weight is 325 g/mol. The summed E-state index contributed by atoms with van der Waals surface area (Å²) in [6.07, 6.45) is 0.723. The molecular formula is C20H23NO3. The number of para-hydroxylation sites is 1. The van der Waals surface area contributed by atoms with Gasteiger partial charge in [-0.05, 0) is 39.0 Å². The molecule has 0 unspecified atom stereocenters. The number of hydrogen-bond acceptors (Lipinski definition) is 3. The zero-order chi connectivity index (χ0) is 17.2. The predicted octanol–water partition coefficient (Wildman–Crippen LogP) is 3.79. The van der Waals surface area contributed by atoms with Gasteiger partial charge in [0, 0.05) is 12.0 Å². The molecule has 3 rings (SSSR count). The monoisotopic (exact) mass is 325 g/mol. The molecule has 126 valence electrons. The van der Waals surface area contributed by atoms with Crippen LogP contribution in [0.25, 0.3) is 0 Å². The van der Waals surface area contributed by atoms with Crippen molar-refractivity contribution in [1.82, 2.24) is 5.32 Å². The minimum Gasteiger partial charge on any atom is -0.487 e. The molecule has 0 fully saturated rings. The van der Waals surface area contributed by atoms with Crippen LogP contribution in [0.5, 0.6) is 11.5 Å². The Morgan fingerprint density at radius 2 is 2.00 bits per heavy atom. The van der Waals surface area contributed by atoms with E-state index in [1.54, 1.807) is 0 Å². The van der Waals surface area contributed by atoms with Crippen molar-refractivity contribution in [3.8, 4) is 11.5 Å². The van der Waals surface area contributed by atoms with Gasteiger partial charge in [-0.2, -0.15) is 0 Å². The molecule has 0 aliphatic carbocycles. The van der Waals surface area contributed by atoms with E-state index >= 15 is 0 Å². The second-order valence-corrected chi connectivity index (χ2v) is 6.83. The van der Waals surface area contributed by atoms with E-state index in [0.29, 0.717) is 5.75 Å². The maximum atomic E-state index is 12.3. The Bertz CT molecular complexity index is 725. The first-order valence-corrected chi connectivity index (χ1v) is 8.20. The van der Waals surface area contributed by atoms with E-state index in [1.165, 1.54) is 0 Å². The molecule has 2 aromatic rings. The first-order valence-electron chi connectivity index (χ1n) is 8.20. The summed E-state index contributed by atoms with van der Waals surface area (Å²) in [5, 5.41) is 3.08. The smallest absolute Gasteiger partial charge is 0.258 e. The lowest BCUT2D eigenvalue weighted by Gasteiger charge is -2.38. The van der Waals surface area contributed by atoms with Gasteiger partial charge in [-0.15, -0.1) is 0 Å². The lowest BCUT2D eigenvalue weighted by atomic mass is 9.89. The normalized spacial score (nSPS) is 18.2. The van der Waals surface area contributed by atoms with Crippen molar-refractivity contribution in [1.29, 1.82) is 0 Å². The molecule has 1 amide bonds. The maximum absolute atomic E-state index is 12.3. The van der Waals surface area contributed by atoms with Gasteiger partial charge in [-0.3, -0.25) is 4.79 Å². The van der Waals surface area contributed by atoms with Crippen molar-refractivity contribution in [2.45, 2.75) is 38.8 Å². The van der Waals surface area contributed by atoms with E-state index in [0.717, 1.165) is 23.3 Å². The predicted molar refractivity (Wildman–Crippen MR) is 93.3 cm³/mol. The van der Waals surface area contributed by atoms with Crippen molar-refractivity contribution >= 4 is 5.91 Å². The van der Waals surface area contributed by atoms with Crippen LogP contribution < -0.4 is 14.8 Å². The molecule has 1 heterocycles. The molecule has 1 aliphatic heterocycles. The van der Waals surface area contributed by atoms with E-state index in [9.17, 15) is 4.79 Å². The van der Waals surface area contributed by atoms with Crippen LogP contribution >= 0.6 is 0 Å². The Morgan fingerprint density at radius 3 is 2.75 bits per heavy atom. The summed E-state index contributed by atoms with van der Waals surface area (Å²) in [6, 6.07) is 15.4. The van der Waals surface area contributed by atoms with Crippen molar-refractivity contribution in [3.05, 3.63) is 59.7 Å². The summed E-state index contributed by atoms with van der Waals surface area (Å²) in [6.45, 7) is 6.12. The Morgan fingerprint density at radius 1 is 1.25 bits per heavy atom. The van der Waals surface area contributed by atoms with Crippen molar-refractivity contribution in [2.24, 2.45) is 0 Å². The maximum Gasteiger partial charge on any atom is 0.258 e. The number of amides is 1. The van der Waals surface area contributed by atoms with Crippen LogP contribution in [-0.2, 0) is 4.79 Å². The number of ether oxygens (including phenoxy) is 2. The largest absolute Gasteiger partial charge is 0.487 e. The second kappa shape index (κ2) is 6.56. The first-order chi connectivity index (χ1) is 11.4. The molecule has 4 heteroatoms. The van der Waals surface area contributed by atoms with Gasteiger partial charge in [0.15, 0.2) is 6.61 Å². The highest BCUT2D eigenvalue weighted by molar-refractivity contribution is 5.78. The van der Waals surface area contributed by atoms with Gasteiger partial charge in [-0.1, -0.05) is 35.9 Å². The van der Waals surface area contributed by atoms with Gasteiger partial charge >= 0.3 is 0 Å². The van der Waals surface area contributed by atoms with Crippen LogP contribution in [0.4, 0.5) is 0 Å². The average Bonchev–Trinajstić information content (AvgIpc) is 2.54. The Kier molecular flexibility index (Phi) is 4.47. The summed E-state index contributed by atoms with van der Waals surface area (Å²) in [4.78, 5) is 12.3. The third-order valence-corrected chi connectivity index (χ3v) is 4.07. The van der Waals surface area contributed by atoms with E-state index in [-0.39, 0.29) is 24.2 Å². The molecule has 0 spiro atoms. The van der Waals surface area contributed by atoms with Crippen LogP contribution in [-0.4, -0.2) is 18.1 Å². The van der Waals surface area contributed by atoms with Crippen LogP contribution in [0.3, 0.4) is 0 Å². The number of hydrogen-bond donors (Lipinski definition) is 1. The van der Waals surface area contributed by atoms with Crippen molar-refractivity contribution in [3.63, 3.8) is 0 Å². The third kappa shape index (κ3) is 3.88. The molecule has 0 saturated carbocycles. The van der Waals surface area contributed by atoms with Crippen LogP contribution in [0.15, 0.2) is 48.5 Å². The number of benzene rings is 2. The number of carbonyl (C=O) groups is 1. The number of rotatable bonds is 4. The molecule has 24 heavy (non-hydrogen) atoms. The molecule has 1 atom stereocenters. The summed E-state index contributed by atoms with van der Waals surface area (Å²) >= 11 is 0. The molecule has 1 aliphatic rings. The quantitative estimate of drug-likeness (QED) is 0.930. The lowest BCUT2D eigenvalue weighted by Crippen LogP contribution is -2.42. The van der Waals surface area contributed by atoms with E-state index in [1.807, 2.05) is 63.2 Å². The van der Waals surface area contributed by atoms with E-state index in [2.05, 4.69) is 11.4 Å². The fourth-order valence-electron chi connectivity index (χ4n) is 3.00. The topological polar surface area (TPSA) is 47.6 Å². The molecule has 0 radical (unpaired) electrons. The van der Waals surface area contributed by atoms with E-state index < -0.39 is 0 Å². The molecule has 4 nitrogen and oxygen atoms in total. The van der Waals surface area contributed by atoms with Crippen molar-refractivity contribution < 1.29 is 14.3 Å². The van der Waals surface area contributed by atoms with Crippen molar-refractivity contribution in [2.75, 3.05) is 6.61 Å².